The smallest absolute Gasteiger partial charge is 0.174 e. The van der Waals surface area contributed by atoms with Gasteiger partial charge in [0.15, 0.2) is 5.78 Å². The van der Waals surface area contributed by atoms with Crippen LogP contribution in [0.5, 0.6) is 0 Å². The Bertz CT molecular complexity index is 428. The van der Waals surface area contributed by atoms with Gasteiger partial charge in [0.05, 0.1) is 10.9 Å². The second-order valence-corrected chi connectivity index (χ2v) is 4.12. The third-order valence-electron chi connectivity index (χ3n) is 1.58. The van der Waals surface area contributed by atoms with Gasteiger partial charge in [-0.15, -0.1) is 0 Å². The Hall–Kier alpha value is -0.480. The molecule has 14 heavy (non-hydrogen) atoms. The van der Waals surface area contributed by atoms with Crippen LogP contribution in [0.25, 0.3) is 0 Å². The standard InChI is InChI=1S/C9H4BrFINO/c10-3-8(14)7-2-6(11)1-5(4-13)9(7)12/h1-2H,3H2. The summed E-state index contributed by atoms with van der Waals surface area (Å²) in [4.78, 5) is 11.3. The van der Waals surface area contributed by atoms with Crippen LogP contribution in [0.3, 0.4) is 0 Å². The van der Waals surface area contributed by atoms with Crippen LogP contribution >= 0.6 is 38.5 Å². The minimum absolute atomic E-state index is 0.122. The Kier molecular flexibility index (Phi) is 4.01. The average Bonchev–Trinajstić information content (AvgIpc) is 2.19. The Morgan fingerprint density at radius 3 is 2.79 bits per heavy atom. The molecule has 0 N–H and O–H groups in total. The predicted molar refractivity (Wildman–Crippen MR) is 62.0 cm³/mol. The third-order valence-corrected chi connectivity index (χ3v) is 3.25. The highest BCUT2D eigenvalue weighted by atomic mass is 127. The summed E-state index contributed by atoms with van der Waals surface area (Å²) in [6.45, 7) is 0. The maximum absolute atomic E-state index is 13.0. The number of alkyl halides is 1. The molecule has 72 valence electrons. The molecule has 0 aromatic heterocycles. The summed E-state index contributed by atoms with van der Waals surface area (Å²) < 4.78 is 13.5. The molecule has 0 amide bonds. The van der Waals surface area contributed by atoms with Crippen LogP contribution < -0.4 is 0 Å². The van der Waals surface area contributed by atoms with E-state index in [1.807, 2.05) is 28.7 Å². The van der Waals surface area contributed by atoms with Gasteiger partial charge in [0.2, 0.25) is 0 Å². The fourth-order valence-electron chi connectivity index (χ4n) is 0.945. The van der Waals surface area contributed by atoms with Gasteiger partial charge in [0.1, 0.15) is 11.9 Å². The van der Waals surface area contributed by atoms with Crippen LogP contribution in [0, 0.1) is 20.7 Å². The molecule has 0 atom stereocenters. The van der Waals surface area contributed by atoms with Crippen molar-refractivity contribution in [2.24, 2.45) is 0 Å². The molecular formula is C9H4BrFINO. The first kappa shape index (κ1) is 11.6. The van der Waals surface area contributed by atoms with E-state index in [4.69, 9.17) is 5.26 Å². The molecule has 0 saturated carbocycles. The summed E-state index contributed by atoms with van der Waals surface area (Å²) in [5, 5.41) is 8.80. The summed E-state index contributed by atoms with van der Waals surface area (Å²) in [5.74, 6) is -0.795. The lowest BCUT2D eigenvalue weighted by molar-refractivity contribution is 0.102. The molecular weight excluding hydrogens is 364 g/mol. The minimum Gasteiger partial charge on any atom is -0.293 e. The maximum Gasteiger partial charge on any atom is 0.174 e. The lowest BCUT2D eigenvalue weighted by Crippen LogP contribution is -2.05. The fraction of sp³-hybridized carbons (Fsp3) is 0.111. The van der Waals surface area contributed by atoms with E-state index in [-0.39, 0.29) is 22.2 Å². The van der Waals surface area contributed by atoms with Crippen molar-refractivity contribution in [1.82, 2.24) is 0 Å². The topological polar surface area (TPSA) is 40.9 Å². The number of benzene rings is 1. The van der Waals surface area contributed by atoms with Crippen molar-refractivity contribution in [3.8, 4) is 6.07 Å². The van der Waals surface area contributed by atoms with Crippen LogP contribution in [0.4, 0.5) is 4.39 Å². The number of rotatable bonds is 2. The van der Waals surface area contributed by atoms with Gasteiger partial charge >= 0.3 is 0 Å². The van der Waals surface area contributed by atoms with Gasteiger partial charge < -0.3 is 0 Å². The van der Waals surface area contributed by atoms with Crippen molar-refractivity contribution in [3.05, 3.63) is 32.6 Å². The summed E-state index contributed by atoms with van der Waals surface area (Å²) in [7, 11) is 0. The zero-order chi connectivity index (χ0) is 10.7. The molecule has 0 unspecified atom stereocenters. The van der Waals surface area contributed by atoms with E-state index in [2.05, 4.69) is 15.9 Å². The number of halogens is 3. The summed E-state index contributed by atoms with van der Waals surface area (Å²) in [6, 6.07) is 4.10. The molecule has 0 aliphatic heterocycles. The normalized spacial score (nSPS) is 9.57. The van der Waals surface area contributed by atoms with Crippen molar-refractivity contribution in [3.63, 3.8) is 0 Å². The molecule has 0 fully saturated rings. The maximum atomic E-state index is 13.0. The van der Waals surface area contributed by atoms with E-state index in [9.17, 15) is 9.18 Å². The first-order chi connectivity index (χ1) is 6.60. The van der Waals surface area contributed by atoms with Gasteiger partial charge in [-0.2, -0.15) is 5.26 Å². The van der Waals surface area contributed by atoms with Gasteiger partial charge in [-0.25, -0.2) is 4.39 Å². The average molecular weight is 368 g/mol. The van der Waals surface area contributed by atoms with E-state index in [1.165, 1.54) is 0 Å². The van der Waals surface area contributed by atoms with E-state index in [0.29, 0.717) is 3.57 Å². The van der Waals surface area contributed by atoms with Crippen LogP contribution in [-0.4, -0.2) is 11.1 Å². The number of carbonyl (C=O) groups excluding carboxylic acids is 1. The number of Topliss-reactive ketones (excluding diaryl/α,β-unsaturated/α-hetero) is 1. The van der Waals surface area contributed by atoms with E-state index in [0.717, 1.165) is 12.1 Å². The Morgan fingerprint density at radius 2 is 2.29 bits per heavy atom. The molecule has 0 heterocycles. The Morgan fingerprint density at radius 1 is 1.64 bits per heavy atom. The zero-order valence-electron chi connectivity index (χ0n) is 6.85. The predicted octanol–water partition coefficient (Wildman–Crippen LogP) is 2.88. The van der Waals surface area contributed by atoms with Gasteiger partial charge in [0.25, 0.3) is 0 Å². The molecule has 2 nitrogen and oxygen atoms in total. The number of ketones is 1. The number of nitrogens with zero attached hydrogens (tertiary/aromatic N) is 1. The molecule has 0 bridgehead atoms. The van der Waals surface area contributed by atoms with E-state index >= 15 is 0 Å². The number of carbonyl (C=O) groups is 1. The molecule has 0 saturated heterocycles. The van der Waals surface area contributed by atoms with Crippen LogP contribution in [0.2, 0.25) is 0 Å². The van der Waals surface area contributed by atoms with Crippen molar-refractivity contribution >= 4 is 44.3 Å². The number of hydrogen-bond acceptors (Lipinski definition) is 2. The fourth-order valence-corrected chi connectivity index (χ4v) is 1.98. The minimum atomic E-state index is -0.564. The lowest BCUT2D eigenvalue weighted by atomic mass is 10.1. The Balaban J connectivity index is 3.38. The van der Waals surface area contributed by atoms with Crippen LogP contribution in [-0.2, 0) is 0 Å². The zero-order valence-corrected chi connectivity index (χ0v) is 10.6. The molecule has 0 spiro atoms. The first-order valence-corrected chi connectivity index (χ1v) is 5.78. The molecule has 0 aliphatic carbocycles. The molecule has 1 rings (SSSR count). The Labute approximate surface area is 102 Å². The van der Waals surface area contributed by atoms with Crippen molar-refractivity contribution in [1.29, 1.82) is 5.26 Å². The van der Waals surface area contributed by atoms with Gasteiger partial charge in [-0.3, -0.25) is 4.79 Å². The number of hydrogen-bond donors (Lipinski definition) is 0. The van der Waals surface area contributed by atoms with Gasteiger partial charge in [-0.05, 0) is 34.7 Å². The second-order valence-electron chi connectivity index (χ2n) is 2.48. The second kappa shape index (κ2) is 4.84. The van der Waals surface area contributed by atoms with Crippen molar-refractivity contribution in [2.75, 3.05) is 5.33 Å². The molecule has 0 aliphatic rings. The monoisotopic (exact) mass is 367 g/mol. The first-order valence-electron chi connectivity index (χ1n) is 3.58. The quantitative estimate of drug-likeness (QED) is 0.458. The molecule has 0 radical (unpaired) electrons. The molecule has 1 aromatic carbocycles. The van der Waals surface area contributed by atoms with E-state index in [1.54, 1.807) is 0 Å². The highest BCUT2D eigenvalue weighted by Gasteiger charge is 2.13. The van der Waals surface area contributed by atoms with Crippen molar-refractivity contribution < 1.29 is 9.18 Å². The summed E-state index contributed by atoms with van der Waals surface area (Å²) in [6.07, 6.45) is 0. The highest BCUT2D eigenvalue weighted by Crippen LogP contribution is 2.20. The summed E-state index contributed by atoms with van der Waals surface area (Å²) in [5.41, 5.74) is 0.439. The summed E-state index contributed by atoms with van der Waals surface area (Å²) >= 11 is 4.86. The van der Waals surface area contributed by atoms with Gasteiger partial charge in [-0.1, -0.05) is 15.9 Å². The largest absolute Gasteiger partial charge is 0.293 e. The SMILES string of the molecule is N#Cc1cc(F)cc(C(=O)CBr)c1I. The highest BCUT2D eigenvalue weighted by molar-refractivity contribution is 14.1. The third kappa shape index (κ3) is 2.30. The molecule has 5 heteroatoms. The number of nitriles is 1. The van der Waals surface area contributed by atoms with Crippen molar-refractivity contribution in [2.45, 2.75) is 0 Å². The van der Waals surface area contributed by atoms with Gasteiger partial charge in [0, 0.05) is 9.13 Å². The van der Waals surface area contributed by atoms with Crippen LogP contribution in [0.15, 0.2) is 12.1 Å². The molecule has 1 aromatic rings. The lowest BCUT2D eigenvalue weighted by Gasteiger charge is -2.03. The van der Waals surface area contributed by atoms with E-state index < -0.39 is 5.82 Å². The van der Waals surface area contributed by atoms with Crippen LogP contribution in [0.1, 0.15) is 15.9 Å².